The number of ketones is 1. The largest absolute Gasteiger partial charge is 0.378 e. The zero-order valence-electron chi connectivity index (χ0n) is 17.4. The van der Waals surface area contributed by atoms with Crippen LogP contribution in [0.3, 0.4) is 0 Å². The Bertz CT molecular complexity index is 1160. The fraction of sp³-hybridized carbons (Fsp3) is 0.273. The molecule has 11 heteroatoms. The van der Waals surface area contributed by atoms with E-state index >= 15 is 0 Å². The number of thiocarbonyl (C=S) groups is 1. The van der Waals surface area contributed by atoms with Crippen LogP contribution in [0.1, 0.15) is 10.4 Å². The maximum Gasteiger partial charge on any atom is 0.234 e. The fourth-order valence-corrected chi connectivity index (χ4v) is 6.37. The molecule has 1 fully saturated rings. The van der Waals surface area contributed by atoms with E-state index in [1.165, 1.54) is 34.9 Å². The van der Waals surface area contributed by atoms with E-state index in [1.807, 2.05) is 42.5 Å². The summed E-state index contributed by atoms with van der Waals surface area (Å²) in [4.78, 5) is 31.5. The summed E-state index contributed by atoms with van der Waals surface area (Å²) >= 11 is 13.1. The third-order valence-electron chi connectivity index (χ3n) is 4.74. The van der Waals surface area contributed by atoms with Gasteiger partial charge in [-0.25, -0.2) is 4.98 Å². The van der Waals surface area contributed by atoms with Crippen LogP contribution in [0.4, 0.5) is 5.69 Å². The molecule has 1 amide bonds. The maximum absolute atomic E-state index is 12.4. The van der Waals surface area contributed by atoms with E-state index in [2.05, 4.69) is 31.1 Å². The van der Waals surface area contributed by atoms with Crippen molar-refractivity contribution in [1.82, 2.24) is 9.88 Å². The molecule has 0 saturated carbocycles. The van der Waals surface area contributed by atoms with Gasteiger partial charge in [0.05, 0.1) is 34.9 Å². The third kappa shape index (κ3) is 7.00. The quantitative estimate of drug-likeness (QED) is 0.228. The highest BCUT2D eigenvalue weighted by Crippen LogP contribution is 2.31. The third-order valence-corrected chi connectivity index (χ3v) is 8.95. The number of carbonyl (C=O) groups is 2. The number of amides is 1. The van der Waals surface area contributed by atoms with Crippen molar-refractivity contribution in [2.24, 2.45) is 0 Å². The molecule has 1 aromatic heterocycles. The van der Waals surface area contributed by atoms with Crippen LogP contribution >= 0.6 is 63.0 Å². The molecular formula is C22H20BrN3O3S4. The minimum absolute atomic E-state index is 0.0622. The summed E-state index contributed by atoms with van der Waals surface area (Å²) in [6.45, 7) is 2.87. The maximum atomic E-state index is 12.4. The number of aromatic nitrogens is 1. The number of thiazole rings is 1. The number of Topliss-reactive ketones (excluding diaryl/α,β-unsaturated/α-hetero) is 1. The first-order valence-electron chi connectivity index (χ1n) is 10.1. The molecule has 1 aliphatic heterocycles. The van der Waals surface area contributed by atoms with Crippen LogP contribution in [-0.4, -0.2) is 63.7 Å². The number of thioether (sulfide) groups is 2. The summed E-state index contributed by atoms with van der Waals surface area (Å²) in [6, 6.07) is 13.0. The number of hydrogen-bond donors (Lipinski definition) is 1. The van der Waals surface area contributed by atoms with Gasteiger partial charge in [0.1, 0.15) is 4.32 Å². The Kier molecular flexibility index (Phi) is 8.78. The van der Waals surface area contributed by atoms with Crippen LogP contribution in [0, 0.1) is 0 Å². The average Bonchev–Trinajstić information content (AvgIpc) is 3.24. The van der Waals surface area contributed by atoms with Gasteiger partial charge in [0, 0.05) is 28.8 Å². The van der Waals surface area contributed by atoms with Gasteiger partial charge in [-0.1, -0.05) is 63.8 Å². The topological polar surface area (TPSA) is 71.5 Å². The second kappa shape index (κ2) is 11.8. The number of fused-ring (bicyclic) bond motifs is 1. The molecular weight excluding hydrogens is 562 g/mol. The lowest BCUT2D eigenvalue weighted by atomic mass is 10.2. The molecule has 0 spiro atoms. The van der Waals surface area contributed by atoms with Crippen LogP contribution < -0.4 is 5.32 Å². The van der Waals surface area contributed by atoms with Gasteiger partial charge in [0.15, 0.2) is 10.1 Å². The minimum Gasteiger partial charge on any atom is -0.378 e. The number of anilines is 1. The summed E-state index contributed by atoms with van der Waals surface area (Å²) in [6.07, 6.45) is 0. The summed E-state index contributed by atoms with van der Waals surface area (Å²) in [5.74, 6) is 0.544. The predicted molar refractivity (Wildman–Crippen MR) is 145 cm³/mol. The highest BCUT2D eigenvalue weighted by molar-refractivity contribution is 9.10. The SMILES string of the molecule is O=C(CSC(=S)N1CCOCC1)Nc1ccc2nc(SCC(=O)c3ccc(Br)cc3)sc2c1. The highest BCUT2D eigenvalue weighted by atomic mass is 79.9. The Hall–Kier alpha value is -1.50. The molecule has 0 unspecified atom stereocenters. The number of morpholine rings is 1. The molecule has 172 valence electrons. The zero-order valence-corrected chi connectivity index (χ0v) is 22.3. The van der Waals surface area contributed by atoms with E-state index in [4.69, 9.17) is 17.0 Å². The van der Waals surface area contributed by atoms with Gasteiger partial charge in [-0.2, -0.15) is 0 Å². The number of rotatable bonds is 7. The van der Waals surface area contributed by atoms with Gasteiger partial charge in [0.2, 0.25) is 5.91 Å². The lowest BCUT2D eigenvalue weighted by molar-refractivity contribution is -0.113. The van der Waals surface area contributed by atoms with Crippen molar-refractivity contribution in [2.45, 2.75) is 4.34 Å². The molecule has 2 heterocycles. The summed E-state index contributed by atoms with van der Waals surface area (Å²) in [7, 11) is 0. The molecule has 0 radical (unpaired) electrons. The van der Waals surface area contributed by atoms with Crippen molar-refractivity contribution in [3.8, 4) is 0 Å². The normalized spacial score (nSPS) is 13.8. The van der Waals surface area contributed by atoms with Crippen molar-refractivity contribution in [1.29, 1.82) is 0 Å². The van der Waals surface area contributed by atoms with Gasteiger partial charge in [0.25, 0.3) is 0 Å². The van der Waals surface area contributed by atoms with Crippen LogP contribution in [-0.2, 0) is 9.53 Å². The van der Waals surface area contributed by atoms with E-state index < -0.39 is 0 Å². The molecule has 1 aliphatic rings. The van der Waals surface area contributed by atoms with Crippen molar-refractivity contribution >= 4 is 94.9 Å². The number of halogens is 1. The minimum atomic E-state index is -0.103. The van der Waals surface area contributed by atoms with Crippen molar-refractivity contribution < 1.29 is 14.3 Å². The molecule has 1 N–H and O–H groups in total. The molecule has 3 aromatic rings. The monoisotopic (exact) mass is 581 g/mol. The Balaban J connectivity index is 1.29. The van der Waals surface area contributed by atoms with Crippen molar-refractivity contribution in [3.05, 3.63) is 52.5 Å². The zero-order chi connectivity index (χ0) is 23.2. The van der Waals surface area contributed by atoms with Gasteiger partial charge in [-0.3, -0.25) is 9.59 Å². The molecule has 2 aromatic carbocycles. The molecule has 33 heavy (non-hydrogen) atoms. The van der Waals surface area contributed by atoms with Crippen molar-refractivity contribution in [3.63, 3.8) is 0 Å². The Morgan fingerprint density at radius 1 is 1.15 bits per heavy atom. The standard InChI is InChI=1S/C22H20BrN3O3S4/c23-15-3-1-14(2-4-15)18(27)12-31-21-25-17-6-5-16(11-19(17)33-21)24-20(28)13-32-22(30)26-7-9-29-10-8-26/h1-6,11H,7-10,12-13H2,(H,24,28). The second-order valence-corrected chi connectivity index (χ2v) is 11.9. The number of ether oxygens (including phenoxy) is 1. The van der Waals surface area contributed by atoms with Gasteiger partial charge < -0.3 is 15.0 Å². The molecule has 0 atom stereocenters. The summed E-state index contributed by atoms with van der Waals surface area (Å²) in [5, 5.41) is 2.93. The number of carbonyl (C=O) groups excluding carboxylic acids is 2. The molecule has 4 rings (SSSR count). The van der Waals surface area contributed by atoms with E-state index in [1.54, 1.807) is 0 Å². The highest BCUT2D eigenvalue weighted by Gasteiger charge is 2.16. The Morgan fingerprint density at radius 3 is 2.67 bits per heavy atom. The molecule has 6 nitrogen and oxygen atoms in total. The Morgan fingerprint density at radius 2 is 1.91 bits per heavy atom. The van der Waals surface area contributed by atoms with Gasteiger partial charge in [-0.15, -0.1) is 11.3 Å². The fourth-order valence-electron chi connectivity index (χ4n) is 3.05. The van der Waals surface area contributed by atoms with E-state index in [0.29, 0.717) is 24.5 Å². The number of nitrogens with one attached hydrogen (secondary N) is 1. The first-order chi connectivity index (χ1) is 16.0. The van der Waals surface area contributed by atoms with E-state index in [0.717, 1.165) is 42.1 Å². The van der Waals surface area contributed by atoms with Gasteiger partial charge in [-0.05, 0) is 30.3 Å². The summed E-state index contributed by atoms with van der Waals surface area (Å²) < 4.78 is 8.79. The van der Waals surface area contributed by atoms with E-state index in [9.17, 15) is 9.59 Å². The summed E-state index contributed by atoms with van der Waals surface area (Å²) in [5.41, 5.74) is 2.25. The Labute approximate surface area is 218 Å². The second-order valence-electron chi connectivity index (χ2n) is 7.08. The van der Waals surface area contributed by atoms with Crippen LogP contribution in [0.5, 0.6) is 0 Å². The van der Waals surface area contributed by atoms with Crippen LogP contribution in [0.25, 0.3) is 10.2 Å². The first kappa shape index (κ1) is 24.6. The smallest absolute Gasteiger partial charge is 0.234 e. The van der Waals surface area contributed by atoms with Crippen LogP contribution in [0.2, 0.25) is 0 Å². The number of nitrogens with zero attached hydrogens (tertiary/aromatic N) is 2. The number of benzene rings is 2. The van der Waals surface area contributed by atoms with Crippen LogP contribution in [0.15, 0.2) is 51.3 Å². The van der Waals surface area contributed by atoms with Crippen molar-refractivity contribution in [2.75, 3.05) is 43.1 Å². The molecule has 0 bridgehead atoms. The number of hydrogen-bond acceptors (Lipinski definition) is 8. The predicted octanol–water partition coefficient (Wildman–Crippen LogP) is 5.32. The van der Waals surface area contributed by atoms with E-state index in [-0.39, 0.29) is 17.4 Å². The molecule has 0 aliphatic carbocycles. The molecule has 1 saturated heterocycles. The lowest BCUT2D eigenvalue weighted by Crippen LogP contribution is -2.39. The average molecular weight is 583 g/mol. The lowest BCUT2D eigenvalue weighted by Gasteiger charge is -2.28. The van der Waals surface area contributed by atoms with Gasteiger partial charge >= 0.3 is 0 Å². The first-order valence-corrected chi connectivity index (χ1v) is 14.1.